The fourth-order valence-corrected chi connectivity index (χ4v) is 3.43. The van der Waals surface area contributed by atoms with E-state index in [1.807, 2.05) is 24.4 Å². The molecular weight excluding hydrogens is 360 g/mol. The van der Waals surface area contributed by atoms with Crippen LogP contribution in [0.3, 0.4) is 0 Å². The van der Waals surface area contributed by atoms with Gasteiger partial charge < -0.3 is 10.6 Å². The Labute approximate surface area is 172 Å². The number of amides is 1. The van der Waals surface area contributed by atoms with Crippen LogP contribution in [-0.2, 0) is 17.6 Å². The first-order valence-electron chi connectivity index (χ1n) is 9.99. The van der Waals surface area contributed by atoms with E-state index in [1.54, 1.807) is 18.6 Å². The van der Waals surface area contributed by atoms with Crippen LogP contribution in [-0.4, -0.2) is 29.0 Å². The van der Waals surface area contributed by atoms with Gasteiger partial charge in [-0.05, 0) is 61.6 Å². The highest BCUT2D eigenvalue weighted by Gasteiger charge is 2.20. The summed E-state index contributed by atoms with van der Waals surface area (Å²) in [7, 11) is 0. The SMILES string of the molecule is Cc1cc(C)cc(C(NCCc2cccnc2)C(=O)NCCc2ccncc2)c1. The summed E-state index contributed by atoms with van der Waals surface area (Å²) in [4.78, 5) is 21.2. The standard InChI is InChI=1S/C24H28N4O/c1-18-14-19(2)16-22(15-18)23(27-12-8-21-4-3-9-26-17-21)24(29)28-13-7-20-5-10-25-11-6-20/h3-6,9-11,14-17,23,27H,7-8,12-13H2,1-2H3,(H,28,29). The molecule has 0 spiro atoms. The van der Waals surface area contributed by atoms with Crippen molar-refractivity contribution < 1.29 is 4.79 Å². The Hall–Kier alpha value is -3.05. The smallest absolute Gasteiger partial charge is 0.241 e. The van der Waals surface area contributed by atoms with E-state index in [0.717, 1.165) is 40.7 Å². The monoisotopic (exact) mass is 388 g/mol. The molecule has 3 aromatic rings. The topological polar surface area (TPSA) is 66.9 Å². The van der Waals surface area contributed by atoms with Gasteiger partial charge in [-0.3, -0.25) is 14.8 Å². The van der Waals surface area contributed by atoms with Gasteiger partial charge in [-0.25, -0.2) is 0 Å². The minimum Gasteiger partial charge on any atom is -0.354 e. The van der Waals surface area contributed by atoms with E-state index in [4.69, 9.17) is 0 Å². The number of carbonyl (C=O) groups is 1. The van der Waals surface area contributed by atoms with E-state index < -0.39 is 0 Å². The molecule has 2 aromatic heterocycles. The van der Waals surface area contributed by atoms with E-state index in [0.29, 0.717) is 13.1 Å². The van der Waals surface area contributed by atoms with Crippen molar-refractivity contribution in [3.05, 3.63) is 95.1 Å². The molecule has 1 amide bonds. The van der Waals surface area contributed by atoms with Gasteiger partial charge in [0.05, 0.1) is 0 Å². The normalized spacial score (nSPS) is 11.8. The summed E-state index contributed by atoms with van der Waals surface area (Å²) in [6, 6.07) is 13.8. The Kier molecular flexibility index (Phi) is 7.47. The van der Waals surface area contributed by atoms with Crippen LogP contribution in [0, 0.1) is 13.8 Å². The quantitative estimate of drug-likeness (QED) is 0.590. The van der Waals surface area contributed by atoms with E-state index in [2.05, 4.69) is 58.7 Å². The third-order valence-corrected chi connectivity index (χ3v) is 4.79. The zero-order chi connectivity index (χ0) is 20.5. The number of aryl methyl sites for hydroxylation is 2. The van der Waals surface area contributed by atoms with Crippen LogP contribution in [0.25, 0.3) is 0 Å². The van der Waals surface area contributed by atoms with Gasteiger partial charge in [-0.15, -0.1) is 0 Å². The molecule has 0 aliphatic heterocycles. The number of pyridine rings is 2. The van der Waals surface area contributed by atoms with Gasteiger partial charge in [0, 0.05) is 37.9 Å². The Morgan fingerprint density at radius 1 is 0.897 bits per heavy atom. The fourth-order valence-electron chi connectivity index (χ4n) is 3.43. The zero-order valence-corrected chi connectivity index (χ0v) is 17.1. The molecule has 0 aliphatic carbocycles. The number of rotatable bonds is 9. The van der Waals surface area contributed by atoms with Crippen molar-refractivity contribution in [3.63, 3.8) is 0 Å². The van der Waals surface area contributed by atoms with Crippen molar-refractivity contribution in [2.24, 2.45) is 0 Å². The highest BCUT2D eigenvalue weighted by molar-refractivity contribution is 5.83. The maximum absolute atomic E-state index is 13.0. The number of benzene rings is 1. The molecule has 0 saturated heterocycles. The molecule has 0 aliphatic rings. The second kappa shape index (κ2) is 10.5. The molecule has 29 heavy (non-hydrogen) atoms. The number of nitrogens with zero attached hydrogens (tertiary/aromatic N) is 2. The molecule has 1 atom stereocenters. The van der Waals surface area contributed by atoms with Gasteiger partial charge in [0.25, 0.3) is 0 Å². The Morgan fingerprint density at radius 2 is 1.62 bits per heavy atom. The summed E-state index contributed by atoms with van der Waals surface area (Å²) >= 11 is 0. The lowest BCUT2D eigenvalue weighted by Crippen LogP contribution is -2.39. The number of hydrogen-bond acceptors (Lipinski definition) is 4. The van der Waals surface area contributed by atoms with Gasteiger partial charge >= 0.3 is 0 Å². The van der Waals surface area contributed by atoms with Crippen molar-refractivity contribution in [2.45, 2.75) is 32.7 Å². The summed E-state index contributed by atoms with van der Waals surface area (Å²) in [5, 5.41) is 6.52. The third kappa shape index (κ3) is 6.50. The molecule has 150 valence electrons. The molecule has 0 radical (unpaired) electrons. The van der Waals surface area contributed by atoms with Crippen LogP contribution in [0.1, 0.15) is 33.9 Å². The van der Waals surface area contributed by atoms with E-state index in [9.17, 15) is 4.79 Å². The second-order valence-electron chi connectivity index (χ2n) is 7.32. The van der Waals surface area contributed by atoms with Gasteiger partial charge in [0.15, 0.2) is 0 Å². The summed E-state index contributed by atoms with van der Waals surface area (Å²) in [5.41, 5.74) is 5.62. The summed E-state index contributed by atoms with van der Waals surface area (Å²) in [5.74, 6) is -0.00440. The number of carbonyl (C=O) groups excluding carboxylic acids is 1. The maximum atomic E-state index is 13.0. The lowest BCUT2D eigenvalue weighted by molar-refractivity contribution is -0.123. The van der Waals surface area contributed by atoms with Gasteiger partial charge in [-0.2, -0.15) is 0 Å². The molecule has 0 saturated carbocycles. The number of nitrogens with one attached hydrogen (secondary N) is 2. The molecular formula is C24H28N4O. The number of aromatic nitrogens is 2. The van der Waals surface area contributed by atoms with Crippen LogP contribution in [0.4, 0.5) is 0 Å². The lowest BCUT2D eigenvalue weighted by Gasteiger charge is -2.20. The van der Waals surface area contributed by atoms with Crippen molar-refractivity contribution in [1.29, 1.82) is 0 Å². The predicted molar refractivity (Wildman–Crippen MR) is 116 cm³/mol. The minimum atomic E-state index is -0.386. The summed E-state index contributed by atoms with van der Waals surface area (Å²) in [6.45, 7) is 5.41. The highest BCUT2D eigenvalue weighted by atomic mass is 16.2. The molecule has 2 heterocycles. The first-order valence-corrected chi connectivity index (χ1v) is 9.99. The average Bonchev–Trinajstić information content (AvgIpc) is 2.72. The lowest BCUT2D eigenvalue weighted by atomic mass is 10.00. The molecule has 0 bridgehead atoms. The Bertz CT molecular complexity index is 892. The highest BCUT2D eigenvalue weighted by Crippen LogP contribution is 2.18. The zero-order valence-electron chi connectivity index (χ0n) is 17.1. The molecule has 5 nitrogen and oxygen atoms in total. The van der Waals surface area contributed by atoms with Crippen molar-refractivity contribution >= 4 is 5.91 Å². The molecule has 0 fully saturated rings. The van der Waals surface area contributed by atoms with Crippen LogP contribution in [0.2, 0.25) is 0 Å². The minimum absolute atomic E-state index is 0.00440. The molecule has 1 unspecified atom stereocenters. The molecule has 3 rings (SSSR count). The first kappa shape index (κ1) is 20.7. The van der Waals surface area contributed by atoms with Gasteiger partial charge in [0.2, 0.25) is 5.91 Å². The first-order chi connectivity index (χ1) is 14.1. The van der Waals surface area contributed by atoms with Gasteiger partial charge in [0.1, 0.15) is 6.04 Å². The van der Waals surface area contributed by atoms with Crippen molar-refractivity contribution in [3.8, 4) is 0 Å². The largest absolute Gasteiger partial charge is 0.354 e. The second-order valence-corrected chi connectivity index (χ2v) is 7.32. The van der Waals surface area contributed by atoms with Crippen LogP contribution >= 0.6 is 0 Å². The molecule has 2 N–H and O–H groups in total. The summed E-state index contributed by atoms with van der Waals surface area (Å²) < 4.78 is 0. The van der Waals surface area contributed by atoms with Crippen LogP contribution in [0.15, 0.2) is 67.3 Å². The Morgan fingerprint density at radius 3 is 2.31 bits per heavy atom. The number of hydrogen-bond donors (Lipinski definition) is 2. The molecule has 1 aromatic carbocycles. The predicted octanol–water partition coefficient (Wildman–Crippen LogP) is 3.33. The van der Waals surface area contributed by atoms with Gasteiger partial charge in [-0.1, -0.05) is 35.4 Å². The fraction of sp³-hybridized carbons (Fsp3) is 0.292. The van der Waals surface area contributed by atoms with Crippen molar-refractivity contribution in [1.82, 2.24) is 20.6 Å². The third-order valence-electron chi connectivity index (χ3n) is 4.79. The average molecular weight is 389 g/mol. The van der Waals surface area contributed by atoms with E-state index >= 15 is 0 Å². The molecule has 5 heteroatoms. The van der Waals surface area contributed by atoms with E-state index in [-0.39, 0.29) is 11.9 Å². The maximum Gasteiger partial charge on any atom is 0.241 e. The van der Waals surface area contributed by atoms with E-state index in [1.165, 1.54) is 0 Å². The Balaban J connectivity index is 1.64. The van der Waals surface area contributed by atoms with Crippen molar-refractivity contribution in [2.75, 3.05) is 13.1 Å². The summed E-state index contributed by atoms with van der Waals surface area (Å²) in [6.07, 6.45) is 8.78. The van der Waals surface area contributed by atoms with Crippen LogP contribution in [0.5, 0.6) is 0 Å². The van der Waals surface area contributed by atoms with Crippen LogP contribution < -0.4 is 10.6 Å².